The summed E-state index contributed by atoms with van der Waals surface area (Å²) in [5.41, 5.74) is 0. The van der Waals surface area contributed by atoms with Crippen molar-refractivity contribution in [3.05, 3.63) is 0 Å². The molecule has 2 nitrogen and oxygen atoms in total. The van der Waals surface area contributed by atoms with E-state index >= 15 is 0 Å². The fraction of sp³-hybridized carbons (Fsp3) is 0.875. The molecule has 0 aromatic carbocycles. The quantitative estimate of drug-likeness (QED) is 0.615. The van der Waals surface area contributed by atoms with Crippen molar-refractivity contribution in [3.63, 3.8) is 0 Å². The van der Waals surface area contributed by atoms with E-state index in [1.807, 2.05) is 0 Å². The average Bonchev–Trinajstić information content (AvgIpc) is 1.94. The molecule has 1 fully saturated rings. The third-order valence-electron chi connectivity index (χ3n) is 2.24. The van der Waals surface area contributed by atoms with E-state index in [0.29, 0.717) is 5.75 Å². The van der Waals surface area contributed by atoms with Gasteiger partial charge in [-0.2, -0.15) is 12.6 Å². The van der Waals surface area contributed by atoms with E-state index in [1.54, 1.807) is 0 Å². The van der Waals surface area contributed by atoms with Crippen molar-refractivity contribution in [2.24, 2.45) is 5.92 Å². The third kappa shape index (κ3) is 3.14. The molecule has 11 heavy (non-hydrogen) atoms. The molecule has 3 heteroatoms. The second-order valence-corrected chi connectivity index (χ2v) is 3.41. The van der Waals surface area contributed by atoms with E-state index in [2.05, 4.69) is 17.9 Å². The molecule has 0 aromatic rings. The molecule has 0 aromatic heterocycles. The second kappa shape index (κ2) is 4.65. The first-order valence-electron chi connectivity index (χ1n) is 4.20. The zero-order valence-electron chi connectivity index (χ0n) is 6.68. The van der Waals surface area contributed by atoms with Crippen molar-refractivity contribution < 1.29 is 4.79 Å². The minimum absolute atomic E-state index is 0.0488. The van der Waals surface area contributed by atoms with E-state index in [-0.39, 0.29) is 5.91 Å². The van der Waals surface area contributed by atoms with Gasteiger partial charge in [0.25, 0.3) is 0 Å². The van der Waals surface area contributed by atoms with Gasteiger partial charge in [0.05, 0.1) is 5.75 Å². The molecule has 1 aliphatic carbocycles. The van der Waals surface area contributed by atoms with E-state index in [0.717, 1.165) is 18.9 Å². The van der Waals surface area contributed by atoms with Crippen LogP contribution in [-0.2, 0) is 4.79 Å². The highest BCUT2D eigenvalue weighted by Gasteiger charge is 2.16. The van der Waals surface area contributed by atoms with Crippen LogP contribution in [0.15, 0.2) is 0 Å². The second-order valence-electron chi connectivity index (χ2n) is 3.09. The Labute approximate surface area is 73.2 Å². The highest BCUT2D eigenvalue weighted by atomic mass is 32.1. The number of amides is 1. The van der Waals surface area contributed by atoms with Crippen LogP contribution in [0.4, 0.5) is 0 Å². The lowest BCUT2D eigenvalue weighted by Crippen LogP contribution is -2.28. The Morgan fingerprint density at radius 2 is 2.27 bits per heavy atom. The number of rotatable bonds is 4. The lowest BCUT2D eigenvalue weighted by Gasteiger charge is -2.24. The maximum absolute atomic E-state index is 10.7. The zero-order chi connectivity index (χ0) is 8.10. The molecule has 0 unspecified atom stereocenters. The third-order valence-corrected chi connectivity index (χ3v) is 2.53. The van der Waals surface area contributed by atoms with Gasteiger partial charge in [-0.25, -0.2) is 0 Å². The Morgan fingerprint density at radius 3 is 2.73 bits per heavy atom. The first-order valence-corrected chi connectivity index (χ1v) is 4.83. The van der Waals surface area contributed by atoms with Crippen LogP contribution in [0.5, 0.6) is 0 Å². The van der Waals surface area contributed by atoms with Gasteiger partial charge >= 0.3 is 0 Å². The molecule has 64 valence electrons. The number of nitrogens with one attached hydrogen (secondary N) is 1. The van der Waals surface area contributed by atoms with Crippen molar-refractivity contribution in [2.75, 3.05) is 12.3 Å². The van der Waals surface area contributed by atoms with Crippen molar-refractivity contribution in [1.29, 1.82) is 0 Å². The highest BCUT2D eigenvalue weighted by molar-refractivity contribution is 7.81. The van der Waals surface area contributed by atoms with Gasteiger partial charge in [0, 0.05) is 6.54 Å². The summed E-state index contributed by atoms with van der Waals surface area (Å²) in [4.78, 5) is 10.7. The van der Waals surface area contributed by atoms with Crippen molar-refractivity contribution in [2.45, 2.75) is 25.7 Å². The molecule has 1 N–H and O–H groups in total. The summed E-state index contributed by atoms with van der Waals surface area (Å²) in [7, 11) is 0. The van der Waals surface area contributed by atoms with Gasteiger partial charge in [0.2, 0.25) is 5.91 Å². The monoisotopic (exact) mass is 173 g/mol. The summed E-state index contributed by atoms with van der Waals surface area (Å²) in [6.45, 7) is 0.837. The Morgan fingerprint density at radius 1 is 1.55 bits per heavy atom. The van der Waals surface area contributed by atoms with Crippen LogP contribution in [0.25, 0.3) is 0 Å². The topological polar surface area (TPSA) is 29.1 Å². The molecule has 0 radical (unpaired) electrons. The fourth-order valence-electron chi connectivity index (χ4n) is 1.25. The van der Waals surface area contributed by atoms with Crippen molar-refractivity contribution >= 4 is 18.5 Å². The minimum atomic E-state index is 0.0488. The first kappa shape index (κ1) is 8.91. The highest BCUT2D eigenvalue weighted by Crippen LogP contribution is 2.28. The van der Waals surface area contributed by atoms with E-state index in [9.17, 15) is 4.79 Å². The van der Waals surface area contributed by atoms with Gasteiger partial charge in [0.1, 0.15) is 0 Å². The predicted octanol–water partition coefficient (Wildman–Crippen LogP) is 1.22. The first-order chi connectivity index (χ1) is 5.33. The number of hydrogen-bond acceptors (Lipinski definition) is 2. The molecular formula is C8H15NOS. The van der Waals surface area contributed by atoms with Crippen LogP contribution in [0, 0.1) is 5.92 Å². The molecule has 1 rings (SSSR count). The van der Waals surface area contributed by atoms with Crippen LogP contribution in [-0.4, -0.2) is 18.2 Å². The van der Waals surface area contributed by atoms with E-state index in [4.69, 9.17) is 0 Å². The Bertz CT molecular complexity index is 134. The largest absolute Gasteiger partial charge is 0.355 e. The molecule has 0 saturated heterocycles. The summed E-state index contributed by atoms with van der Waals surface area (Å²) in [6, 6.07) is 0. The molecule has 0 heterocycles. The van der Waals surface area contributed by atoms with Crippen LogP contribution in [0.2, 0.25) is 0 Å². The fourth-order valence-corrected chi connectivity index (χ4v) is 1.36. The average molecular weight is 173 g/mol. The van der Waals surface area contributed by atoms with Crippen LogP contribution < -0.4 is 5.32 Å². The normalized spacial score (nSPS) is 17.5. The standard InChI is InChI=1S/C8H15NOS/c10-8(6-11)9-5-4-7-2-1-3-7/h7,11H,1-6H2,(H,9,10). The molecule has 0 spiro atoms. The maximum Gasteiger partial charge on any atom is 0.229 e. The van der Waals surface area contributed by atoms with E-state index < -0.39 is 0 Å². The summed E-state index contributed by atoms with van der Waals surface area (Å²) in [5.74, 6) is 1.24. The summed E-state index contributed by atoms with van der Waals surface area (Å²) in [6.07, 6.45) is 5.25. The van der Waals surface area contributed by atoms with Gasteiger partial charge in [-0.1, -0.05) is 19.3 Å². The molecule has 0 bridgehead atoms. The Hall–Kier alpha value is -0.180. The molecule has 0 aliphatic heterocycles. The van der Waals surface area contributed by atoms with Gasteiger partial charge in [-0.15, -0.1) is 0 Å². The maximum atomic E-state index is 10.7. The molecular weight excluding hydrogens is 158 g/mol. The van der Waals surface area contributed by atoms with Crippen LogP contribution in [0.1, 0.15) is 25.7 Å². The van der Waals surface area contributed by atoms with E-state index in [1.165, 1.54) is 19.3 Å². The van der Waals surface area contributed by atoms with Crippen LogP contribution >= 0.6 is 12.6 Å². The number of carbonyl (C=O) groups excluding carboxylic acids is 1. The molecule has 1 saturated carbocycles. The lowest BCUT2D eigenvalue weighted by molar-refractivity contribution is -0.118. The van der Waals surface area contributed by atoms with Gasteiger partial charge in [-0.05, 0) is 12.3 Å². The van der Waals surface area contributed by atoms with Crippen molar-refractivity contribution in [3.8, 4) is 0 Å². The zero-order valence-corrected chi connectivity index (χ0v) is 7.57. The summed E-state index contributed by atoms with van der Waals surface area (Å²) >= 11 is 3.87. The Balaban J connectivity index is 1.90. The Kier molecular flexibility index (Phi) is 3.77. The summed E-state index contributed by atoms with van der Waals surface area (Å²) < 4.78 is 0. The number of hydrogen-bond donors (Lipinski definition) is 2. The minimum Gasteiger partial charge on any atom is -0.355 e. The smallest absolute Gasteiger partial charge is 0.229 e. The molecule has 1 aliphatic rings. The number of thiol groups is 1. The number of carbonyl (C=O) groups is 1. The lowest BCUT2D eigenvalue weighted by atomic mass is 9.83. The van der Waals surface area contributed by atoms with Gasteiger partial charge < -0.3 is 5.32 Å². The van der Waals surface area contributed by atoms with Gasteiger partial charge in [0.15, 0.2) is 0 Å². The van der Waals surface area contributed by atoms with Gasteiger partial charge in [-0.3, -0.25) is 4.79 Å². The molecule has 1 amide bonds. The SMILES string of the molecule is O=C(CS)NCCC1CCC1. The van der Waals surface area contributed by atoms with Crippen LogP contribution in [0.3, 0.4) is 0 Å². The predicted molar refractivity (Wildman–Crippen MR) is 48.8 cm³/mol. The summed E-state index contributed by atoms with van der Waals surface area (Å²) in [5, 5.41) is 2.82. The van der Waals surface area contributed by atoms with Crippen molar-refractivity contribution in [1.82, 2.24) is 5.32 Å². The molecule has 0 atom stereocenters.